The van der Waals surface area contributed by atoms with Crippen molar-refractivity contribution in [2.24, 2.45) is 0 Å². The molecule has 1 fully saturated rings. The highest BCUT2D eigenvalue weighted by molar-refractivity contribution is 8.01. The third kappa shape index (κ3) is 9.20. The van der Waals surface area contributed by atoms with Crippen molar-refractivity contribution in [1.29, 1.82) is 0 Å². The molecule has 41 heavy (non-hydrogen) atoms. The molecule has 1 heterocycles. The number of esters is 1. The van der Waals surface area contributed by atoms with E-state index in [1.807, 2.05) is 13.8 Å². The summed E-state index contributed by atoms with van der Waals surface area (Å²) in [5.74, 6) is -1.18. The SMILES string of the molecule is CN(C)C(=O)Oc1ccc(C[C@@H](C(=O)OC(C)(C)C)N(C(=O)[C@H]2NC(C)(C)CS2)S(=O)(=O)Cc2ccccc2)cc1. The van der Waals surface area contributed by atoms with E-state index in [1.54, 1.807) is 89.5 Å². The van der Waals surface area contributed by atoms with Gasteiger partial charge in [-0.1, -0.05) is 42.5 Å². The molecule has 0 unspecified atom stereocenters. The van der Waals surface area contributed by atoms with Crippen LogP contribution in [0.3, 0.4) is 0 Å². The van der Waals surface area contributed by atoms with Crippen molar-refractivity contribution in [1.82, 2.24) is 14.5 Å². The van der Waals surface area contributed by atoms with Crippen LogP contribution in [0.4, 0.5) is 4.79 Å². The van der Waals surface area contributed by atoms with Crippen LogP contribution in [0, 0.1) is 0 Å². The normalized spacial score (nSPS) is 17.4. The summed E-state index contributed by atoms with van der Waals surface area (Å²) < 4.78 is 39.6. The Balaban J connectivity index is 2.04. The molecule has 3 rings (SSSR count). The highest BCUT2D eigenvalue weighted by atomic mass is 32.2. The Morgan fingerprint density at radius 3 is 2.15 bits per heavy atom. The smallest absolute Gasteiger partial charge is 0.414 e. The molecule has 1 aliphatic heterocycles. The minimum absolute atomic E-state index is 0.142. The Bertz CT molecular complexity index is 1340. The number of thioether (sulfide) groups is 1. The summed E-state index contributed by atoms with van der Waals surface area (Å²) in [5, 5.41) is 2.32. The summed E-state index contributed by atoms with van der Waals surface area (Å²) in [6.07, 6.45) is -0.699. The monoisotopic (exact) mass is 605 g/mol. The molecule has 0 bridgehead atoms. The summed E-state index contributed by atoms with van der Waals surface area (Å²) >= 11 is 1.30. The molecule has 0 aromatic heterocycles. The number of amides is 2. The van der Waals surface area contributed by atoms with Crippen LogP contribution >= 0.6 is 11.8 Å². The number of benzene rings is 2. The zero-order valence-corrected chi connectivity index (χ0v) is 26.2. The van der Waals surface area contributed by atoms with Crippen molar-refractivity contribution in [3.63, 3.8) is 0 Å². The quantitative estimate of drug-likeness (QED) is 0.425. The average Bonchev–Trinajstić information content (AvgIpc) is 3.23. The van der Waals surface area contributed by atoms with E-state index in [0.717, 1.165) is 0 Å². The topological polar surface area (TPSA) is 122 Å². The van der Waals surface area contributed by atoms with Gasteiger partial charge in [-0.15, -0.1) is 11.8 Å². The molecule has 1 N–H and O–H groups in total. The predicted molar refractivity (Wildman–Crippen MR) is 159 cm³/mol. The van der Waals surface area contributed by atoms with Crippen LogP contribution in [-0.4, -0.2) is 78.0 Å². The van der Waals surface area contributed by atoms with E-state index in [-0.39, 0.29) is 12.2 Å². The minimum atomic E-state index is -4.35. The second-order valence-electron chi connectivity index (χ2n) is 11.8. The molecule has 0 saturated carbocycles. The molecule has 2 amide bonds. The van der Waals surface area contributed by atoms with Gasteiger partial charge in [-0.2, -0.15) is 0 Å². The van der Waals surface area contributed by atoms with Gasteiger partial charge in [-0.3, -0.25) is 10.1 Å². The summed E-state index contributed by atoms with van der Waals surface area (Å²) in [6, 6.07) is 13.4. The van der Waals surface area contributed by atoms with Crippen LogP contribution in [0.25, 0.3) is 0 Å². The number of hydrogen-bond acceptors (Lipinski definition) is 9. The summed E-state index contributed by atoms with van der Waals surface area (Å²) in [4.78, 5) is 40.9. The highest BCUT2D eigenvalue weighted by Gasteiger charge is 2.46. The van der Waals surface area contributed by atoms with Gasteiger partial charge in [-0.05, 0) is 57.9 Å². The molecule has 224 valence electrons. The molecule has 0 spiro atoms. The van der Waals surface area contributed by atoms with Gasteiger partial charge in [0.15, 0.2) is 0 Å². The Kier molecular flexibility index (Phi) is 10.1. The first-order valence-corrected chi connectivity index (χ1v) is 15.8. The second kappa shape index (κ2) is 12.8. The Labute approximate surface area is 246 Å². The van der Waals surface area contributed by atoms with Crippen LogP contribution in [0.15, 0.2) is 54.6 Å². The first kappa shape index (κ1) is 32.4. The molecule has 0 aliphatic carbocycles. The van der Waals surface area contributed by atoms with Crippen LogP contribution < -0.4 is 10.1 Å². The van der Waals surface area contributed by atoms with E-state index in [4.69, 9.17) is 9.47 Å². The zero-order valence-electron chi connectivity index (χ0n) is 24.5. The summed E-state index contributed by atoms with van der Waals surface area (Å²) in [5.41, 5.74) is -0.306. The van der Waals surface area contributed by atoms with E-state index in [9.17, 15) is 22.8 Å². The van der Waals surface area contributed by atoms with Crippen molar-refractivity contribution < 1.29 is 32.3 Å². The molecule has 10 nitrogen and oxygen atoms in total. The van der Waals surface area contributed by atoms with Crippen molar-refractivity contribution >= 4 is 39.8 Å². The predicted octanol–water partition coefficient (Wildman–Crippen LogP) is 3.80. The summed E-state index contributed by atoms with van der Waals surface area (Å²) in [7, 11) is -1.23. The minimum Gasteiger partial charge on any atom is -0.458 e. The van der Waals surface area contributed by atoms with Gasteiger partial charge >= 0.3 is 12.1 Å². The largest absolute Gasteiger partial charge is 0.458 e. The van der Waals surface area contributed by atoms with E-state index >= 15 is 0 Å². The fourth-order valence-corrected chi connectivity index (χ4v) is 7.13. The number of rotatable bonds is 9. The molecular weight excluding hydrogens is 566 g/mol. The van der Waals surface area contributed by atoms with Gasteiger partial charge in [0, 0.05) is 31.8 Å². The van der Waals surface area contributed by atoms with Crippen LogP contribution in [0.5, 0.6) is 5.75 Å². The van der Waals surface area contributed by atoms with Crippen molar-refractivity contribution in [3.05, 3.63) is 65.7 Å². The number of ether oxygens (including phenoxy) is 2. The number of nitrogens with one attached hydrogen (secondary N) is 1. The molecule has 0 radical (unpaired) electrons. The molecule has 2 aromatic carbocycles. The van der Waals surface area contributed by atoms with Crippen molar-refractivity contribution in [2.75, 3.05) is 19.8 Å². The van der Waals surface area contributed by atoms with Gasteiger partial charge in [0.25, 0.3) is 5.91 Å². The van der Waals surface area contributed by atoms with Crippen LogP contribution in [0.1, 0.15) is 45.7 Å². The van der Waals surface area contributed by atoms with Gasteiger partial charge in [0.2, 0.25) is 10.0 Å². The lowest BCUT2D eigenvalue weighted by molar-refractivity contribution is -0.161. The number of carbonyl (C=O) groups is 3. The van der Waals surface area contributed by atoms with E-state index in [0.29, 0.717) is 21.2 Å². The fourth-order valence-electron chi connectivity index (χ4n) is 4.06. The molecule has 2 aromatic rings. The first-order valence-electron chi connectivity index (χ1n) is 13.2. The summed E-state index contributed by atoms with van der Waals surface area (Å²) in [6.45, 7) is 8.88. The third-order valence-electron chi connectivity index (χ3n) is 5.95. The van der Waals surface area contributed by atoms with E-state index < -0.39 is 56.3 Å². The lowest BCUT2D eigenvalue weighted by atomic mass is 10.0. The fraction of sp³-hybridized carbons (Fsp3) is 0.483. The third-order valence-corrected chi connectivity index (χ3v) is 9.22. The van der Waals surface area contributed by atoms with Crippen LogP contribution in [0.2, 0.25) is 0 Å². The Hall–Kier alpha value is -3.09. The second-order valence-corrected chi connectivity index (χ2v) is 14.7. The number of sulfonamides is 1. The number of nitrogens with zero attached hydrogens (tertiary/aromatic N) is 2. The number of carbonyl (C=O) groups excluding carboxylic acids is 3. The van der Waals surface area contributed by atoms with Gasteiger partial charge in [0.05, 0.1) is 5.75 Å². The standard InChI is InChI=1S/C29H39N3O7S2/c1-28(2,3)39-26(34)23(17-20-13-15-22(16-14-20)38-27(35)31(6)7)32(25(33)24-30-29(4,5)19-40-24)41(36,37)18-21-11-9-8-10-12-21/h8-16,23-24,30H,17-19H2,1-7H3/t23-,24-/m0/s1. The number of hydrogen-bond donors (Lipinski definition) is 1. The first-order chi connectivity index (χ1) is 19.0. The Morgan fingerprint density at radius 1 is 1.02 bits per heavy atom. The van der Waals surface area contributed by atoms with Gasteiger partial charge in [0.1, 0.15) is 22.8 Å². The Morgan fingerprint density at radius 2 is 1.63 bits per heavy atom. The maximum Gasteiger partial charge on any atom is 0.414 e. The maximum absolute atomic E-state index is 14.0. The lowest BCUT2D eigenvalue weighted by Gasteiger charge is -2.33. The molecule has 1 saturated heterocycles. The zero-order chi connectivity index (χ0) is 30.6. The highest BCUT2D eigenvalue weighted by Crippen LogP contribution is 2.31. The molecule has 2 atom stereocenters. The van der Waals surface area contributed by atoms with Crippen molar-refractivity contribution in [3.8, 4) is 5.75 Å². The van der Waals surface area contributed by atoms with Gasteiger partial charge in [-0.25, -0.2) is 22.3 Å². The van der Waals surface area contributed by atoms with E-state index in [1.165, 1.54) is 16.7 Å². The average molecular weight is 606 g/mol. The molecular formula is C29H39N3O7S2. The van der Waals surface area contributed by atoms with Crippen LogP contribution in [-0.2, 0) is 36.5 Å². The lowest BCUT2D eigenvalue weighted by Crippen LogP contribution is -2.56. The molecule has 12 heteroatoms. The maximum atomic E-state index is 14.0. The van der Waals surface area contributed by atoms with Crippen molar-refractivity contribution in [2.45, 2.75) is 69.3 Å². The van der Waals surface area contributed by atoms with E-state index in [2.05, 4.69) is 5.32 Å². The molecule has 1 aliphatic rings. The van der Waals surface area contributed by atoms with Gasteiger partial charge < -0.3 is 14.4 Å².